The Bertz CT molecular complexity index is 2240. The quantitative estimate of drug-likeness (QED) is 0.219. The summed E-state index contributed by atoms with van der Waals surface area (Å²) >= 11 is 0. The smallest absolute Gasteiger partial charge is 0.0619 e. The van der Waals surface area contributed by atoms with Crippen LogP contribution in [0.4, 0.5) is 0 Å². The highest BCUT2D eigenvalue weighted by Crippen LogP contribution is 2.39. The van der Waals surface area contributed by atoms with Crippen LogP contribution in [-0.4, -0.2) is 9.55 Å². The largest absolute Gasteiger partial charge is 0.309 e. The van der Waals surface area contributed by atoms with Crippen LogP contribution in [0.15, 0.2) is 152 Å². The lowest BCUT2D eigenvalue weighted by atomic mass is 9.97. The maximum absolute atomic E-state index is 4.39. The van der Waals surface area contributed by atoms with E-state index in [0.29, 0.717) is 0 Å². The third-order valence-electron chi connectivity index (χ3n) is 8.41. The van der Waals surface area contributed by atoms with Gasteiger partial charge in [-0.25, -0.2) is 0 Å². The van der Waals surface area contributed by atoms with Crippen LogP contribution in [0.2, 0.25) is 0 Å². The Labute approximate surface area is 245 Å². The molecular formula is C40H28N2. The number of aryl methyl sites for hydroxylation is 1. The molecule has 0 saturated heterocycles. The number of aromatic nitrogens is 2. The van der Waals surface area contributed by atoms with Crippen LogP contribution in [0.1, 0.15) is 5.56 Å². The molecule has 0 radical (unpaired) electrons. The maximum Gasteiger partial charge on any atom is 0.0619 e. The van der Waals surface area contributed by atoms with Crippen molar-refractivity contribution in [2.75, 3.05) is 0 Å². The first-order valence-electron chi connectivity index (χ1n) is 14.4. The first-order chi connectivity index (χ1) is 20.7. The van der Waals surface area contributed by atoms with Crippen LogP contribution < -0.4 is 0 Å². The second-order valence-corrected chi connectivity index (χ2v) is 10.9. The van der Waals surface area contributed by atoms with Crippen molar-refractivity contribution in [2.24, 2.45) is 0 Å². The van der Waals surface area contributed by atoms with E-state index in [1.807, 2.05) is 12.4 Å². The van der Waals surface area contributed by atoms with Crippen LogP contribution in [0, 0.1) is 6.92 Å². The zero-order valence-electron chi connectivity index (χ0n) is 23.3. The Kier molecular flexibility index (Phi) is 5.72. The Morgan fingerprint density at radius 2 is 1.17 bits per heavy atom. The molecule has 0 bridgehead atoms. The molecular weight excluding hydrogens is 508 g/mol. The van der Waals surface area contributed by atoms with Gasteiger partial charge in [0.15, 0.2) is 0 Å². The summed E-state index contributed by atoms with van der Waals surface area (Å²) < 4.78 is 2.44. The van der Waals surface area contributed by atoms with E-state index in [2.05, 4.69) is 156 Å². The Balaban J connectivity index is 1.37. The fourth-order valence-corrected chi connectivity index (χ4v) is 6.30. The average molecular weight is 537 g/mol. The summed E-state index contributed by atoms with van der Waals surface area (Å²) in [6.45, 7) is 2.14. The highest BCUT2D eigenvalue weighted by Gasteiger charge is 2.17. The molecule has 2 heteroatoms. The van der Waals surface area contributed by atoms with Gasteiger partial charge in [-0.3, -0.25) is 4.98 Å². The maximum atomic E-state index is 4.39. The lowest BCUT2D eigenvalue weighted by Crippen LogP contribution is -1.94. The minimum absolute atomic E-state index is 1.16. The normalized spacial score (nSPS) is 11.5. The van der Waals surface area contributed by atoms with Crippen LogP contribution >= 0.6 is 0 Å². The number of rotatable bonds is 4. The summed E-state index contributed by atoms with van der Waals surface area (Å²) in [6, 6.07) is 50.5. The van der Waals surface area contributed by atoms with E-state index in [0.717, 1.165) is 5.69 Å². The van der Waals surface area contributed by atoms with E-state index in [-0.39, 0.29) is 0 Å². The second kappa shape index (κ2) is 9.87. The third kappa shape index (κ3) is 4.00. The molecule has 198 valence electrons. The molecule has 0 unspecified atom stereocenters. The van der Waals surface area contributed by atoms with E-state index < -0.39 is 0 Å². The zero-order chi connectivity index (χ0) is 28.0. The first-order valence-corrected chi connectivity index (χ1v) is 14.4. The molecule has 42 heavy (non-hydrogen) atoms. The predicted octanol–water partition coefficient (Wildman–Crippen LogP) is 10.6. The summed E-state index contributed by atoms with van der Waals surface area (Å²) in [5.41, 5.74) is 12.1. The molecule has 0 fully saturated rings. The van der Waals surface area contributed by atoms with E-state index in [1.165, 1.54) is 71.5 Å². The van der Waals surface area contributed by atoms with Gasteiger partial charge in [0.1, 0.15) is 0 Å². The van der Waals surface area contributed by atoms with E-state index in [4.69, 9.17) is 0 Å². The fraction of sp³-hybridized carbons (Fsp3) is 0.0250. The topological polar surface area (TPSA) is 17.8 Å². The van der Waals surface area contributed by atoms with Gasteiger partial charge in [-0.15, -0.1) is 0 Å². The van der Waals surface area contributed by atoms with Crippen LogP contribution in [0.3, 0.4) is 0 Å². The highest BCUT2D eigenvalue weighted by molar-refractivity contribution is 6.19. The SMILES string of the molecule is Cc1ccncc1-c1ccc2c(ccc3c4ccc(-c5cccc(-c6ccccc6)c5)cc4n(-c4ccccc4)c23)c1. The van der Waals surface area contributed by atoms with Crippen molar-refractivity contribution in [3.05, 3.63) is 157 Å². The monoisotopic (exact) mass is 536 g/mol. The summed E-state index contributed by atoms with van der Waals surface area (Å²) in [6.07, 6.45) is 3.82. The van der Waals surface area contributed by atoms with E-state index in [1.54, 1.807) is 0 Å². The molecule has 0 aliphatic carbocycles. The van der Waals surface area contributed by atoms with E-state index >= 15 is 0 Å². The molecule has 0 atom stereocenters. The van der Waals surface area contributed by atoms with E-state index in [9.17, 15) is 0 Å². The third-order valence-corrected chi connectivity index (χ3v) is 8.41. The van der Waals surface area contributed by atoms with Crippen molar-refractivity contribution < 1.29 is 0 Å². The number of benzene rings is 6. The summed E-state index contributed by atoms with van der Waals surface area (Å²) in [7, 11) is 0. The van der Waals surface area contributed by atoms with Gasteiger partial charge >= 0.3 is 0 Å². The summed E-state index contributed by atoms with van der Waals surface area (Å²) in [5.74, 6) is 0. The lowest BCUT2D eigenvalue weighted by Gasteiger charge is -2.12. The molecule has 2 heterocycles. The summed E-state index contributed by atoms with van der Waals surface area (Å²) in [4.78, 5) is 4.39. The molecule has 6 aromatic carbocycles. The first kappa shape index (κ1) is 24.3. The molecule has 0 N–H and O–H groups in total. The van der Waals surface area contributed by atoms with Gasteiger partial charge in [-0.1, -0.05) is 103 Å². The zero-order valence-corrected chi connectivity index (χ0v) is 23.3. The van der Waals surface area contributed by atoms with Crippen molar-refractivity contribution in [1.29, 1.82) is 0 Å². The van der Waals surface area contributed by atoms with Gasteiger partial charge in [0.05, 0.1) is 11.0 Å². The summed E-state index contributed by atoms with van der Waals surface area (Å²) in [5, 5.41) is 4.98. The molecule has 2 aromatic heterocycles. The molecule has 8 rings (SSSR count). The van der Waals surface area contributed by atoms with Crippen LogP contribution in [0.5, 0.6) is 0 Å². The average Bonchev–Trinajstić information content (AvgIpc) is 3.40. The van der Waals surface area contributed by atoms with Crippen molar-refractivity contribution in [2.45, 2.75) is 6.92 Å². The standard InChI is InChI=1S/C40H28N2/c1-27-21-22-41-26-38(27)33-16-18-35-32(24-33)17-20-37-36-19-15-31(25-39(36)42(40(35)37)34-13-6-3-7-14-34)30-12-8-11-29(23-30)28-9-4-2-5-10-28/h2-26H,1H3. The minimum atomic E-state index is 1.16. The Morgan fingerprint density at radius 3 is 1.98 bits per heavy atom. The minimum Gasteiger partial charge on any atom is -0.309 e. The molecule has 0 aliphatic heterocycles. The number of fused-ring (bicyclic) bond motifs is 5. The molecule has 2 nitrogen and oxygen atoms in total. The van der Waals surface area contributed by atoms with Gasteiger partial charge in [-0.05, 0) is 82.1 Å². The molecule has 8 aromatic rings. The number of hydrogen-bond acceptors (Lipinski definition) is 1. The Morgan fingerprint density at radius 1 is 0.500 bits per heavy atom. The number of hydrogen-bond donors (Lipinski definition) is 0. The van der Waals surface area contributed by atoms with Gasteiger partial charge in [0, 0.05) is 39.8 Å². The molecule has 0 amide bonds. The number of pyridine rings is 1. The predicted molar refractivity (Wildman–Crippen MR) is 177 cm³/mol. The lowest BCUT2D eigenvalue weighted by molar-refractivity contribution is 1.19. The van der Waals surface area contributed by atoms with Crippen molar-refractivity contribution >= 4 is 32.6 Å². The fourth-order valence-electron chi connectivity index (χ4n) is 6.30. The van der Waals surface area contributed by atoms with Crippen molar-refractivity contribution in [3.8, 4) is 39.1 Å². The van der Waals surface area contributed by atoms with Gasteiger partial charge < -0.3 is 4.57 Å². The van der Waals surface area contributed by atoms with Gasteiger partial charge in [0.2, 0.25) is 0 Å². The number of nitrogens with zero attached hydrogens (tertiary/aromatic N) is 2. The van der Waals surface area contributed by atoms with Crippen LogP contribution in [-0.2, 0) is 0 Å². The highest BCUT2D eigenvalue weighted by atomic mass is 15.0. The Hall–Kier alpha value is -5.47. The van der Waals surface area contributed by atoms with Crippen molar-refractivity contribution in [1.82, 2.24) is 9.55 Å². The molecule has 0 saturated carbocycles. The second-order valence-electron chi connectivity index (χ2n) is 10.9. The number of para-hydroxylation sites is 1. The molecule has 0 spiro atoms. The van der Waals surface area contributed by atoms with Crippen LogP contribution in [0.25, 0.3) is 71.6 Å². The van der Waals surface area contributed by atoms with Crippen molar-refractivity contribution in [3.63, 3.8) is 0 Å². The van der Waals surface area contributed by atoms with Gasteiger partial charge in [-0.2, -0.15) is 0 Å². The molecule has 0 aliphatic rings. The van der Waals surface area contributed by atoms with Gasteiger partial charge in [0.25, 0.3) is 0 Å².